The molecule has 1 fully saturated rings. The first kappa shape index (κ1) is 21.3. The van der Waals surface area contributed by atoms with Crippen LogP contribution in [0.1, 0.15) is 24.3 Å². The van der Waals surface area contributed by atoms with Crippen LogP contribution < -0.4 is 18.9 Å². The molecule has 1 aliphatic rings. The van der Waals surface area contributed by atoms with Crippen molar-refractivity contribution in [2.24, 2.45) is 0 Å². The van der Waals surface area contributed by atoms with Crippen molar-refractivity contribution in [1.82, 2.24) is 4.90 Å². The Morgan fingerprint density at radius 2 is 1.72 bits per heavy atom. The minimum Gasteiger partial charge on any atom is -0.493 e. The van der Waals surface area contributed by atoms with E-state index in [9.17, 15) is 5.11 Å². The molecular weight excluding hydrogens is 370 g/mol. The van der Waals surface area contributed by atoms with Crippen molar-refractivity contribution < 1.29 is 24.1 Å². The SMILES string of the molecule is COc1cc(OCC(O)CN2CCCC(c3ccccc3)C2)cc(OC)c1OC. The molecule has 1 saturated heterocycles. The maximum absolute atomic E-state index is 10.5. The van der Waals surface area contributed by atoms with Crippen molar-refractivity contribution in [2.45, 2.75) is 24.9 Å². The highest BCUT2D eigenvalue weighted by atomic mass is 16.5. The molecule has 1 heterocycles. The highest BCUT2D eigenvalue weighted by Crippen LogP contribution is 2.40. The predicted octanol–water partition coefficient (Wildman–Crippen LogP) is 3.33. The van der Waals surface area contributed by atoms with E-state index in [2.05, 4.69) is 29.2 Å². The summed E-state index contributed by atoms with van der Waals surface area (Å²) in [6.07, 6.45) is 1.75. The largest absolute Gasteiger partial charge is 0.493 e. The van der Waals surface area contributed by atoms with Gasteiger partial charge < -0.3 is 29.0 Å². The molecular formula is C23H31NO5. The van der Waals surface area contributed by atoms with Crippen LogP contribution in [0.3, 0.4) is 0 Å². The number of likely N-dealkylation sites (tertiary alicyclic amines) is 1. The van der Waals surface area contributed by atoms with Gasteiger partial charge in [0.1, 0.15) is 18.5 Å². The van der Waals surface area contributed by atoms with Gasteiger partial charge in [-0.3, -0.25) is 0 Å². The Kier molecular flexibility index (Phi) is 7.61. The van der Waals surface area contributed by atoms with Crippen LogP contribution in [0.5, 0.6) is 23.0 Å². The third kappa shape index (κ3) is 5.55. The molecule has 1 N–H and O–H groups in total. The molecule has 2 aromatic rings. The zero-order chi connectivity index (χ0) is 20.6. The zero-order valence-corrected chi connectivity index (χ0v) is 17.5. The van der Waals surface area contributed by atoms with Gasteiger partial charge in [-0.25, -0.2) is 0 Å². The predicted molar refractivity (Wildman–Crippen MR) is 112 cm³/mol. The molecule has 0 radical (unpaired) electrons. The minimum absolute atomic E-state index is 0.200. The molecule has 29 heavy (non-hydrogen) atoms. The van der Waals surface area contributed by atoms with E-state index in [-0.39, 0.29) is 6.61 Å². The van der Waals surface area contributed by atoms with Crippen LogP contribution >= 0.6 is 0 Å². The summed E-state index contributed by atoms with van der Waals surface area (Å²) in [7, 11) is 4.69. The van der Waals surface area contributed by atoms with E-state index in [0.29, 0.717) is 35.5 Å². The van der Waals surface area contributed by atoms with Crippen LogP contribution in [0.4, 0.5) is 0 Å². The normalized spacial score (nSPS) is 18.1. The Balaban J connectivity index is 1.55. The lowest BCUT2D eigenvalue weighted by molar-refractivity contribution is 0.0581. The molecule has 0 amide bonds. The van der Waals surface area contributed by atoms with Gasteiger partial charge in [0.05, 0.1) is 21.3 Å². The van der Waals surface area contributed by atoms with Crippen molar-refractivity contribution in [3.63, 3.8) is 0 Å². The second-order valence-electron chi connectivity index (χ2n) is 7.34. The molecule has 0 aliphatic carbocycles. The zero-order valence-electron chi connectivity index (χ0n) is 17.5. The summed E-state index contributed by atoms with van der Waals surface area (Å²) in [5, 5.41) is 10.5. The second kappa shape index (κ2) is 10.4. The Morgan fingerprint density at radius 3 is 2.34 bits per heavy atom. The molecule has 6 heteroatoms. The molecule has 2 aromatic carbocycles. The van der Waals surface area contributed by atoms with Gasteiger partial charge in [0.15, 0.2) is 11.5 Å². The van der Waals surface area contributed by atoms with Gasteiger partial charge in [-0.2, -0.15) is 0 Å². The van der Waals surface area contributed by atoms with E-state index in [1.165, 1.54) is 12.0 Å². The van der Waals surface area contributed by atoms with Gasteiger partial charge in [-0.05, 0) is 30.9 Å². The molecule has 0 spiro atoms. The number of aliphatic hydroxyl groups excluding tert-OH is 1. The first-order valence-corrected chi connectivity index (χ1v) is 10.0. The maximum atomic E-state index is 10.5. The molecule has 0 saturated carbocycles. The minimum atomic E-state index is -0.580. The Morgan fingerprint density at radius 1 is 1.03 bits per heavy atom. The molecule has 158 valence electrons. The lowest BCUT2D eigenvalue weighted by Crippen LogP contribution is -2.41. The van der Waals surface area contributed by atoms with Gasteiger partial charge in [0.25, 0.3) is 0 Å². The van der Waals surface area contributed by atoms with Gasteiger partial charge in [-0.1, -0.05) is 30.3 Å². The molecule has 2 unspecified atom stereocenters. The van der Waals surface area contributed by atoms with Crippen LogP contribution in [0.25, 0.3) is 0 Å². The Bertz CT molecular complexity index is 742. The number of β-amino-alcohol motifs (C(OH)–C–C–N with tert-alkyl or cyclic N) is 1. The lowest BCUT2D eigenvalue weighted by Gasteiger charge is -2.34. The Labute approximate surface area is 173 Å². The fourth-order valence-electron chi connectivity index (χ4n) is 3.90. The summed E-state index contributed by atoms with van der Waals surface area (Å²) >= 11 is 0. The fraction of sp³-hybridized carbons (Fsp3) is 0.478. The summed E-state index contributed by atoms with van der Waals surface area (Å²) in [6, 6.07) is 14.1. The standard InChI is InChI=1S/C23H31NO5/c1-26-21-12-20(13-22(27-2)23(21)28-3)29-16-19(25)15-24-11-7-10-18(14-24)17-8-5-4-6-9-17/h4-6,8-9,12-13,18-19,25H,7,10-11,14-16H2,1-3H3. The van der Waals surface area contributed by atoms with Crippen LogP contribution in [0.2, 0.25) is 0 Å². The van der Waals surface area contributed by atoms with Gasteiger partial charge in [-0.15, -0.1) is 0 Å². The van der Waals surface area contributed by atoms with Crippen molar-refractivity contribution in [3.8, 4) is 23.0 Å². The van der Waals surface area contributed by atoms with E-state index in [0.717, 1.165) is 19.5 Å². The number of ether oxygens (including phenoxy) is 4. The van der Waals surface area contributed by atoms with Crippen molar-refractivity contribution in [3.05, 3.63) is 48.0 Å². The number of piperidine rings is 1. The van der Waals surface area contributed by atoms with Crippen molar-refractivity contribution in [2.75, 3.05) is 47.6 Å². The monoisotopic (exact) mass is 401 g/mol. The maximum Gasteiger partial charge on any atom is 0.203 e. The molecule has 0 bridgehead atoms. The average molecular weight is 402 g/mol. The number of methoxy groups -OCH3 is 3. The molecule has 3 rings (SSSR count). The number of rotatable bonds is 9. The van der Waals surface area contributed by atoms with Gasteiger partial charge >= 0.3 is 0 Å². The summed E-state index contributed by atoms with van der Waals surface area (Å²) in [5.41, 5.74) is 1.38. The van der Waals surface area contributed by atoms with E-state index in [1.807, 2.05) is 6.07 Å². The van der Waals surface area contributed by atoms with Crippen molar-refractivity contribution in [1.29, 1.82) is 0 Å². The summed E-state index contributed by atoms with van der Waals surface area (Å²) < 4.78 is 21.8. The first-order chi connectivity index (χ1) is 14.1. The Hall–Kier alpha value is -2.44. The number of nitrogens with zero attached hydrogens (tertiary/aromatic N) is 1. The van der Waals surface area contributed by atoms with Crippen LogP contribution in [0, 0.1) is 0 Å². The average Bonchev–Trinajstić information content (AvgIpc) is 2.77. The topological polar surface area (TPSA) is 60.4 Å². The van der Waals surface area contributed by atoms with Crippen LogP contribution in [0.15, 0.2) is 42.5 Å². The summed E-state index contributed by atoms with van der Waals surface area (Å²) in [6.45, 7) is 2.76. The number of hydrogen-bond acceptors (Lipinski definition) is 6. The third-order valence-electron chi connectivity index (χ3n) is 5.33. The lowest BCUT2D eigenvalue weighted by atomic mass is 9.90. The highest BCUT2D eigenvalue weighted by molar-refractivity contribution is 5.55. The smallest absolute Gasteiger partial charge is 0.203 e. The number of aliphatic hydroxyl groups is 1. The number of hydrogen-bond donors (Lipinski definition) is 1. The summed E-state index contributed by atoms with van der Waals surface area (Å²) in [4.78, 5) is 2.32. The third-order valence-corrected chi connectivity index (χ3v) is 5.33. The van der Waals surface area contributed by atoms with Crippen LogP contribution in [-0.2, 0) is 0 Å². The molecule has 2 atom stereocenters. The molecule has 0 aromatic heterocycles. The van der Waals surface area contributed by atoms with Gasteiger partial charge in [0, 0.05) is 25.2 Å². The van der Waals surface area contributed by atoms with Gasteiger partial charge in [0.2, 0.25) is 5.75 Å². The van der Waals surface area contributed by atoms with Crippen molar-refractivity contribution >= 4 is 0 Å². The highest BCUT2D eigenvalue weighted by Gasteiger charge is 2.23. The number of benzene rings is 2. The van der Waals surface area contributed by atoms with E-state index >= 15 is 0 Å². The van der Waals surface area contributed by atoms with E-state index < -0.39 is 6.10 Å². The quantitative estimate of drug-likeness (QED) is 0.696. The first-order valence-electron chi connectivity index (χ1n) is 10.0. The summed E-state index contributed by atoms with van der Waals surface area (Å²) in [5.74, 6) is 2.66. The molecule has 1 aliphatic heterocycles. The van der Waals surface area contributed by atoms with E-state index in [4.69, 9.17) is 18.9 Å². The fourth-order valence-corrected chi connectivity index (χ4v) is 3.90. The van der Waals surface area contributed by atoms with E-state index in [1.54, 1.807) is 33.5 Å². The second-order valence-corrected chi connectivity index (χ2v) is 7.34. The molecule has 6 nitrogen and oxygen atoms in total. The van der Waals surface area contributed by atoms with Crippen LogP contribution in [-0.4, -0.2) is 63.7 Å².